The van der Waals surface area contributed by atoms with E-state index in [1.54, 1.807) is 7.05 Å². The number of anilines is 1. The molecule has 0 aliphatic carbocycles. The van der Waals surface area contributed by atoms with Gasteiger partial charge in [0.15, 0.2) is 0 Å². The molecule has 0 saturated carbocycles. The first-order valence-corrected chi connectivity index (χ1v) is 7.22. The van der Waals surface area contributed by atoms with Gasteiger partial charge in [-0.1, -0.05) is 31.5 Å². The minimum absolute atomic E-state index is 0.530. The van der Waals surface area contributed by atoms with Crippen molar-refractivity contribution >= 4 is 15.9 Å². The Morgan fingerprint density at radius 3 is 2.00 bits per heavy atom. The van der Waals surface area contributed by atoms with E-state index in [0.29, 0.717) is 13.1 Å². The molecule has 5 heteroatoms. The zero-order valence-electron chi connectivity index (χ0n) is 10.8. The minimum atomic E-state index is -3.27. The maximum atomic E-state index is 11.8. The first-order chi connectivity index (χ1) is 8.01. The van der Waals surface area contributed by atoms with Crippen molar-refractivity contribution < 1.29 is 8.42 Å². The lowest BCUT2D eigenvalue weighted by atomic mass is 10.2. The summed E-state index contributed by atoms with van der Waals surface area (Å²) in [6.07, 6.45) is 0. The molecule has 0 radical (unpaired) electrons. The van der Waals surface area contributed by atoms with Gasteiger partial charge in [0.2, 0.25) is 0 Å². The number of aryl methyl sites for hydroxylation is 1. The summed E-state index contributed by atoms with van der Waals surface area (Å²) < 4.78 is 26.5. The van der Waals surface area contributed by atoms with Gasteiger partial charge < -0.3 is 0 Å². The van der Waals surface area contributed by atoms with Crippen LogP contribution in [-0.4, -0.2) is 32.9 Å². The molecular formula is C12H20N2O2S. The molecule has 0 spiro atoms. The van der Waals surface area contributed by atoms with E-state index in [1.807, 2.05) is 45.0 Å². The Morgan fingerprint density at radius 2 is 1.59 bits per heavy atom. The van der Waals surface area contributed by atoms with Crippen LogP contribution in [0.5, 0.6) is 0 Å². The number of nitrogens with zero attached hydrogens (tertiary/aromatic N) is 2. The topological polar surface area (TPSA) is 40.6 Å². The van der Waals surface area contributed by atoms with Crippen LogP contribution >= 0.6 is 0 Å². The van der Waals surface area contributed by atoms with Crippen molar-refractivity contribution in [2.75, 3.05) is 24.4 Å². The van der Waals surface area contributed by atoms with Crippen molar-refractivity contribution in [2.45, 2.75) is 20.8 Å². The Kier molecular flexibility index (Phi) is 4.54. The highest BCUT2D eigenvalue weighted by atomic mass is 32.2. The Bertz CT molecular complexity index is 454. The fourth-order valence-electron chi connectivity index (χ4n) is 1.60. The van der Waals surface area contributed by atoms with Crippen LogP contribution in [0.2, 0.25) is 0 Å². The second kappa shape index (κ2) is 5.51. The monoisotopic (exact) mass is 256 g/mol. The SMILES string of the molecule is CC.Cc1ccc(N2CCN(C)S2(=O)=O)cc1. The van der Waals surface area contributed by atoms with Crippen LogP contribution < -0.4 is 4.31 Å². The zero-order valence-corrected chi connectivity index (χ0v) is 11.7. The van der Waals surface area contributed by atoms with E-state index in [0.717, 1.165) is 11.3 Å². The largest absolute Gasteiger partial charge is 0.303 e. The molecule has 2 rings (SSSR count). The lowest BCUT2D eigenvalue weighted by molar-refractivity contribution is 0.511. The predicted octanol–water partition coefficient (Wildman–Crippen LogP) is 2.02. The number of hydrogen-bond acceptors (Lipinski definition) is 2. The van der Waals surface area contributed by atoms with Gasteiger partial charge >= 0.3 is 10.2 Å². The molecule has 96 valence electrons. The smallest absolute Gasteiger partial charge is 0.256 e. The second-order valence-electron chi connectivity index (χ2n) is 3.74. The summed E-state index contributed by atoms with van der Waals surface area (Å²) in [6, 6.07) is 7.52. The highest BCUT2D eigenvalue weighted by Gasteiger charge is 2.33. The summed E-state index contributed by atoms with van der Waals surface area (Å²) in [5.74, 6) is 0. The van der Waals surface area contributed by atoms with E-state index in [4.69, 9.17) is 0 Å². The predicted molar refractivity (Wildman–Crippen MR) is 71.4 cm³/mol. The minimum Gasteiger partial charge on any atom is -0.256 e. The highest BCUT2D eigenvalue weighted by molar-refractivity contribution is 7.90. The van der Waals surface area contributed by atoms with E-state index in [1.165, 1.54) is 8.61 Å². The Hall–Kier alpha value is -1.07. The van der Waals surface area contributed by atoms with Crippen LogP contribution in [0.25, 0.3) is 0 Å². The maximum absolute atomic E-state index is 11.8. The molecule has 1 aromatic rings. The molecule has 17 heavy (non-hydrogen) atoms. The molecule has 1 fully saturated rings. The van der Waals surface area contributed by atoms with Crippen molar-refractivity contribution in [1.82, 2.24) is 4.31 Å². The van der Waals surface area contributed by atoms with Crippen molar-refractivity contribution in [3.05, 3.63) is 29.8 Å². The molecule has 0 bridgehead atoms. The van der Waals surface area contributed by atoms with Crippen LogP contribution in [0.1, 0.15) is 19.4 Å². The quantitative estimate of drug-likeness (QED) is 0.771. The van der Waals surface area contributed by atoms with Crippen LogP contribution in [-0.2, 0) is 10.2 Å². The van der Waals surface area contributed by atoms with Gasteiger partial charge in [-0.25, -0.2) is 0 Å². The summed E-state index contributed by atoms with van der Waals surface area (Å²) in [4.78, 5) is 0. The van der Waals surface area contributed by atoms with Crippen LogP contribution in [0.15, 0.2) is 24.3 Å². The molecule has 0 amide bonds. The lowest BCUT2D eigenvalue weighted by Crippen LogP contribution is -2.30. The van der Waals surface area contributed by atoms with Crippen molar-refractivity contribution in [3.63, 3.8) is 0 Å². The normalized spacial score (nSPS) is 18.7. The third-order valence-corrected chi connectivity index (χ3v) is 4.53. The van der Waals surface area contributed by atoms with Crippen LogP contribution in [0, 0.1) is 6.92 Å². The van der Waals surface area contributed by atoms with Gasteiger partial charge in [-0.05, 0) is 19.1 Å². The standard InChI is InChI=1S/C10H14N2O2S.C2H6/c1-9-3-5-10(6-4-9)12-8-7-11(2)15(12,13)14;1-2/h3-6H,7-8H2,1-2H3;1-2H3. The summed E-state index contributed by atoms with van der Waals surface area (Å²) in [5, 5.41) is 0. The van der Waals surface area contributed by atoms with Crippen molar-refractivity contribution in [3.8, 4) is 0 Å². The van der Waals surface area contributed by atoms with Crippen LogP contribution in [0.3, 0.4) is 0 Å². The number of hydrogen-bond donors (Lipinski definition) is 0. The Labute approximate surface area is 104 Å². The highest BCUT2D eigenvalue weighted by Crippen LogP contribution is 2.23. The first kappa shape index (κ1) is 14.0. The molecule has 1 aliphatic heterocycles. The van der Waals surface area contributed by atoms with Gasteiger partial charge in [-0.2, -0.15) is 12.7 Å². The number of likely N-dealkylation sites (N-methyl/N-ethyl adjacent to an activating group) is 1. The van der Waals surface area contributed by atoms with E-state index < -0.39 is 10.2 Å². The van der Waals surface area contributed by atoms with Crippen molar-refractivity contribution in [2.24, 2.45) is 0 Å². The Balaban J connectivity index is 0.000000686. The second-order valence-corrected chi connectivity index (χ2v) is 5.70. The fourth-order valence-corrected chi connectivity index (χ4v) is 2.95. The van der Waals surface area contributed by atoms with Gasteiger partial charge in [-0.15, -0.1) is 0 Å². The Morgan fingerprint density at radius 1 is 1.06 bits per heavy atom. The van der Waals surface area contributed by atoms with Gasteiger partial charge in [-0.3, -0.25) is 4.31 Å². The molecule has 0 aromatic heterocycles. The van der Waals surface area contributed by atoms with E-state index >= 15 is 0 Å². The lowest BCUT2D eigenvalue weighted by Gasteiger charge is -2.17. The maximum Gasteiger partial charge on any atom is 0.303 e. The van der Waals surface area contributed by atoms with Gasteiger partial charge in [0.1, 0.15) is 0 Å². The molecule has 0 atom stereocenters. The molecule has 0 N–H and O–H groups in total. The van der Waals surface area contributed by atoms with Crippen molar-refractivity contribution in [1.29, 1.82) is 0 Å². The number of benzene rings is 1. The third-order valence-electron chi connectivity index (χ3n) is 2.61. The van der Waals surface area contributed by atoms with Gasteiger partial charge in [0, 0.05) is 20.1 Å². The molecule has 0 unspecified atom stereocenters. The first-order valence-electron chi connectivity index (χ1n) is 5.82. The van der Waals surface area contributed by atoms with E-state index in [2.05, 4.69) is 0 Å². The average Bonchev–Trinajstić information content (AvgIpc) is 2.59. The van der Waals surface area contributed by atoms with Gasteiger partial charge in [0.05, 0.1) is 5.69 Å². The molecule has 1 aliphatic rings. The average molecular weight is 256 g/mol. The molecular weight excluding hydrogens is 236 g/mol. The van der Waals surface area contributed by atoms with Gasteiger partial charge in [0.25, 0.3) is 0 Å². The van der Waals surface area contributed by atoms with Crippen LogP contribution in [0.4, 0.5) is 5.69 Å². The molecule has 4 nitrogen and oxygen atoms in total. The summed E-state index contributed by atoms with van der Waals surface area (Å²) in [5.41, 5.74) is 1.87. The molecule has 1 heterocycles. The molecule has 1 aromatic carbocycles. The summed E-state index contributed by atoms with van der Waals surface area (Å²) in [6.45, 7) is 7.06. The molecule has 1 saturated heterocycles. The summed E-state index contributed by atoms with van der Waals surface area (Å²) in [7, 11) is -1.66. The number of rotatable bonds is 1. The van der Waals surface area contributed by atoms with E-state index in [-0.39, 0.29) is 0 Å². The zero-order chi connectivity index (χ0) is 13.1. The summed E-state index contributed by atoms with van der Waals surface area (Å²) >= 11 is 0. The third kappa shape index (κ3) is 2.79. The van der Waals surface area contributed by atoms with E-state index in [9.17, 15) is 8.42 Å². The fraction of sp³-hybridized carbons (Fsp3) is 0.500.